The fourth-order valence-electron chi connectivity index (χ4n) is 1.73. The maximum absolute atomic E-state index is 13.7. The Kier molecular flexibility index (Phi) is 4.17. The van der Waals surface area contributed by atoms with E-state index in [-0.39, 0.29) is 10.2 Å². The van der Waals surface area contributed by atoms with Gasteiger partial charge in [-0.3, -0.25) is 0 Å². The van der Waals surface area contributed by atoms with Crippen LogP contribution in [0.2, 0.25) is 0 Å². The van der Waals surface area contributed by atoms with Crippen LogP contribution in [0.4, 0.5) is 9.18 Å². The molecule has 0 aliphatic carbocycles. The van der Waals surface area contributed by atoms with Gasteiger partial charge in [-0.15, -0.1) is 0 Å². The summed E-state index contributed by atoms with van der Waals surface area (Å²) in [7, 11) is -1.72. The van der Waals surface area contributed by atoms with E-state index in [1.807, 2.05) is 0 Å². The van der Waals surface area contributed by atoms with E-state index < -0.39 is 24.6 Å². The number of aromatic nitrogens is 1. The average molecular weight is 313 g/mol. The smallest absolute Gasteiger partial charge is 0.440 e. The Balaban J connectivity index is 2.33. The zero-order chi connectivity index (χ0) is 15.8. The van der Waals surface area contributed by atoms with Crippen molar-refractivity contribution in [1.82, 2.24) is 0 Å². The minimum atomic E-state index is -1.72. The molecule has 1 heterocycles. The summed E-state index contributed by atoms with van der Waals surface area (Å²) in [6.07, 6.45) is 0.715. The molecule has 0 radical (unpaired) electrons. The lowest BCUT2D eigenvalue weighted by molar-refractivity contribution is -0.569. The van der Waals surface area contributed by atoms with Gasteiger partial charge in [0.1, 0.15) is 16.1 Å². The van der Waals surface area contributed by atoms with E-state index in [0.29, 0.717) is 5.39 Å². The monoisotopic (exact) mass is 313 g/mol. The second kappa shape index (κ2) is 5.59. The highest BCUT2D eigenvalue weighted by Crippen LogP contribution is 2.18. The maximum Gasteiger partial charge on any atom is 0.489 e. The van der Waals surface area contributed by atoms with Crippen LogP contribution in [0.1, 0.15) is 20.8 Å². The molecule has 0 fully saturated rings. The molecule has 6 nitrogen and oxygen atoms in total. The predicted octanol–water partition coefficient (Wildman–Crippen LogP) is 0.486. The summed E-state index contributed by atoms with van der Waals surface area (Å²) in [6.45, 7) is 5.17. The minimum Gasteiger partial charge on any atom is -0.440 e. The van der Waals surface area contributed by atoms with Gasteiger partial charge in [0.15, 0.2) is 11.5 Å². The number of carbonyl (C=O) groups is 1. The molecular formula is C12H15BFN2O4S+. The topological polar surface area (TPSA) is 82.7 Å². The second-order valence-electron chi connectivity index (χ2n) is 5.41. The van der Waals surface area contributed by atoms with Crippen LogP contribution in [0.3, 0.4) is 0 Å². The lowest BCUT2D eigenvalue weighted by Gasteiger charge is -2.17. The standard InChI is InChI=1S/C12H14BFN2O4S/c1-12(2,3)20-11(17)15-16-6-7-8(13(18)19)4-5-9(14)10(7)21-16/h4-6,18-19H,1-3H3/p+1. The fraction of sp³-hybridized carbons (Fsp3) is 0.333. The van der Waals surface area contributed by atoms with Gasteiger partial charge in [0.05, 0.1) is 5.39 Å². The zero-order valence-electron chi connectivity index (χ0n) is 11.8. The van der Waals surface area contributed by atoms with Gasteiger partial charge in [-0.2, -0.15) is 0 Å². The van der Waals surface area contributed by atoms with Gasteiger partial charge < -0.3 is 14.8 Å². The largest absolute Gasteiger partial charge is 0.489 e. The number of rotatable bonds is 2. The van der Waals surface area contributed by atoms with E-state index >= 15 is 0 Å². The summed E-state index contributed by atoms with van der Waals surface area (Å²) in [5.41, 5.74) is 1.93. The Morgan fingerprint density at radius 2 is 2.10 bits per heavy atom. The number of nitrogens with one attached hydrogen (secondary N) is 1. The minimum absolute atomic E-state index is 0.160. The van der Waals surface area contributed by atoms with Gasteiger partial charge in [-0.05, 0) is 36.4 Å². The molecule has 2 aromatic rings. The highest BCUT2D eigenvalue weighted by atomic mass is 32.1. The highest BCUT2D eigenvalue weighted by molar-refractivity contribution is 7.10. The first-order valence-electron chi connectivity index (χ1n) is 6.17. The Morgan fingerprint density at radius 3 is 2.67 bits per heavy atom. The SMILES string of the molecule is CC(C)(C)OC(=O)N[n+]1cc2c(B(O)O)ccc(F)c2s1. The van der Waals surface area contributed by atoms with Gasteiger partial charge in [0, 0.05) is 0 Å². The first kappa shape index (κ1) is 15.7. The molecule has 0 unspecified atom stereocenters. The quantitative estimate of drug-likeness (QED) is 0.556. The first-order valence-corrected chi connectivity index (χ1v) is 6.95. The molecule has 2 rings (SSSR count). The number of ether oxygens (including phenoxy) is 1. The molecule has 0 bridgehead atoms. The van der Waals surface area contributed by atoms with Crippen LogP contribution < -0.4 is 15.0 Å². The molecule has 9 heteroatoms. The molecule has 0 atom stereocenters. The second-order valence-corrected chi connectivity index (χ2v) is 6.40. The third-order valence-electron chi connectivity index (χ3n) is 2.50. The molecule has 1 aromatic heterocycles. The van der Waals surface area contributed by atoms with Crippen LogP contribution in [0, 0.1) is 5.82 Å². The van der Waals surface area contributed by atoms with Crippen LogP contribution in [-0.4, -0.2) is 28.9 Å². The number of amides is 1. The summed E-state index contributed by atoms with van der Waals surface area (Å²) in [5, 5.41) is 18.9. The Hall–Kier alpha value is -1.71. The van der Waals surface area contributed by atoms with E-state index in [0.717, 1.165) is 17.6 Å². The Labute approximate surface area is 125 Å². The van der Waals surface area contributed by atoms with Crippen LogP contribution in [0.25, 0.3) is 10.1 Å². The number of fused-ring (bicyclic) bond motifs is 1. The molecule has 21 heavy (non-hydrogen) atoms. The first-order chi connectivity index (χ1) is 9.67. The molecule has 1 aromatic carbocycles. The van der Waals surface area contributed by atoms with E-state index in [1.54, 1.807) is 20.8 Å². The number of hydrogen-bond donors (Lipinski definition) is 3. The average Bonchev–Trinajstić information content (AvgIpc) is 2.70. The molecule has 0 saturated heterocycles. The van der Waals surface area contributed by atoms with Crippen LogP contribution in [0.5, 0.6) is 0 Å². The Bertz CT molecular complexity index is 684. The van der Waals surface area contributed by atoms with Crippen molar-refractivity contribution in [3.63, 3.8) is 0 Å². The number of nitrogens with zero attached hydrogens (tertiary/aromatic N) is 1. The lowest BCUT2D eigenvalue weighted by Crippen LogP contribution is -2.46. The summed E-state index contributed by atoms with van der Waals surface area (Å²) >= 11 is 0.917. The van der Waals surface area contributed by atoms with Gasteiger partial charge >= 0.3 is 13.2 Å². The van der Waals surface area contributed by atoms with E-state index in [2.05, 4.69) is 5.43 Å². The molecule has 0 spiro atoms. The number of hydrogen-bond acceptors (Lipinski definition) is 5. The third-order valence-corrected chi connectivity index (χ3v) is 3.49. The molecule has 0 aliphatic heterocycles. The number of benzene rings is 1. The number of carbonyl (C=O) groups excluding carboxylic acids is 1. The molecule has 1 amide bonds. The van der Waals surface area contributed by atoms with E-state index in [1.165, 1.54) is 16.3 Å². The van der Waals surface area contributed by atoms with Gasteiger partial charge in [-0.1, -0.05) is 11.5 Å². The highest BCUT2D eigenvalue weighted by Gasteiger charge is 2.25. The summed E-state index contributed by atoms with van der Waals surface area (Å²) in [5.74, 6) is -0.510. The van der Waals surface area contributed by atoms with Gasteiger partial charge in [-0.25, -0.2) is 9.18 Å². The molecule has 112 valence electrons. The van der Waals surface area contributed by atoms with Crippen LogP contribution in [-0.2, 0) is 4.74 Å². The van der Waals surface area contributed by atoms with Crippen molar-refractivity contribution in [2.24, 2.45) is 0 Å². The molecular weight excluding hydrogens is 298 g/mol. The lowest BCUT2D eigenvalue weighted by atomic mass is 9.78. The van der Waals surface area contributed by atoms with Crippen molar-refractivity contribution in [2.75, 3.05) is 5.43 Å². The van der Waals surface area contributed by atoms with Crippen molar-refractivity contribution >= 4 is 40.3 Å². The summed E-state index contributed by atoms with van der Waals surface area (Å²) in [6, 6.07) is 2.43. The normalized spacial score (nSPS) is 11.5. The Morgan fingerprint density at radius 1 is 1.43 bits per heavy atom. The molecule has 0 saturated carbocycles. The van der Waals surface area contributed by atoms with Crippen molar-refractivity contribution in [3.05, 3.63) is 24.1 Å². The summed E-state index contributed by atoms with van der Waals surface area (Å²) in [4.78, 5) is 11.7. The third kappa shape index (κ3) is 3.69. The van der Waals surface area contributed by atoms with E-state index in [4.69, 9.17) is 4.74 Å². The van der Waals surface area contributed by atoms with Gasteiger partial charge in [0.2, 0.25) is 6.20 Å². The zero-order valence-corrected chi connectivity index (χ0v) is 12.6. The van der Waals surface area contributed by atoms with Crippen molar-refractivity contribution in [1.29, 1.82) is 0 Å². The predicted molar refractivity (Wildman–Crippen MR) is 77.4 cm³/mol. The summed E-state index contributed by atoms with van der Waals surface area (Å²) < 4.78 is 20.3. The number of halogens is 1. The van der Waals surface area contributed by atoms with Crippen molar-refractivity contribution in [3.8, 4) is 0 Å². The van der Waals surface area contributed by atoms with Crippen LogP contribution in [0.15, 0.2) is 18.3 Å². The molecule has 0 aliphatic rings. The fourth-order valence-corrected chi connectivity index (χ4v) is 2.63. The van der Waals surface area contributed by atoms with E-state index in [9.17, 15) is 19.2 Å². The molecule has 3 N–H and O–H groups in total. The maximum atomic E-state index is 13.7. The van der Waals surface area contributed by atoms with Crippen LogP contribution >= 0.6 is 11.5 Å². The van der Waals surface area contributed by atoms with Crippen molar-refractivity contribution in [2.45, 2.75) is 26.4 Å². The van der Waals surface area contributed by atoms with Gasteiger partial charge in [0.25, 0.3) is 0 Å². The van der Waals surface area contributed by atoms with Crippen molar-refractivity contribution < 1.29 is 28.0 Å².